The van der Waals surface area contributed by atoms with Gasteiger partial charge in [-0.2, -0.15) is 5.26 Å². The quantitative estimate of drug-likeness (QED) is 0.857. The summed E-state index contributed by atoms with van der Waals surface area (Å²) in [5.74, 6) is 0.835. The second-order valence-corrected chi connectivity index (χ2v) is 6.50. The fourth-order valence-corrected chi connectivity index (χ4v) is 3.51. The Labute approximate surface area is 136 Å². The lowest BCUT2D eigenvalue weighted by Gasteiger charge is -2.26. The Bertz CT molecular complexity index is 635. The highest BCUT2D eigenvalue weighted by atomic mass is 32.1. The van der Waals surface area contributed by atoms with Gasteiger partial charge in [0, 0.05) is 30.0 Å². The summed E-state index contributed by atoms with van der Waals surface area (Å²) >= 11 is 1.70. The van der Waals surface area contributed by atoms with Crippen LogP contribution in [0.5, 0.6) is 0 Å². The molecule has 1 aliphatic carbocycles. The first-order valence-electron chi connectivity index (χ1n) is 7.46. The zero-order valence-corrected chi connectivity index (χ0v) is 14.2. The zero-order chi connectivity index (χ0) is 16.0. The van der Waals surface area contributed by atoms with E-state index in [0.29, 0.717) is 0 Å². The van der Waals surface area contributed by atoms with Crippen LogP contribution in [0.3, 0.4) is 0 Å². The van der Waals surface area contributed by atoms with Gasteiger partial charge in [0.2, 0.25) is 0 Å². The van der Waals surface area contributed by atoms with Crippen molar-refractivity contribution >= 4 is 11.3 Å². The molecule has 0 fully saturated rings. The molecule has 1 aromatic rings. The van der Waals surface area contributed by atoms with Crippen molar-refractivity contribution < 1.29 is 4.74 Å². The Morgan fingerprint density at radius 2 is 2.27 bits per heavy atom. The number of nitrogens with zero attached hydrogens (tertiary/aromatic N) is 1. The topological polar surface area (TPSA) is 45.0 Å². The first kappa shape index (κ1) is 16.4. The number of ether oxygens (including phenoxy) is 1. The van der Waals surface area contributed by atoms with Gasteiger partial charge in [0.1, 0.15) is 5.76 Å². The number of hydrogen-bond donors (Lipinski definition) is 1. The molecule has 1 aliphatic rings. The summed E-state index contributed by atoms with van der Waals surface area (Å²) in [6.07, 6.45) is 7.49. The molecule has 22 heavy (non-hydrogen) atoms. The largest absolute Gasteiger partial charge is 0.497 e. The van der Waals surface area contributed by atoms with Crippen molar-refractivity contribution in [2.75, 3.05) is 13.7 Å². The van der Waals surface area contributed by atoms with E-state index < -0.39 is 5.41 Å². The molecule has 2 rings (SSSR count). The van der Waals surface area contributed by atoms with Crippen molar-refractivity contribution in [1.82, 2.24) is 5.32 Å². The highest BCUT2D eigenvalue weighted by molar-refractivity contribution is 7.09. The summed E-state index contributed by atoms with van der Waals surface area (Å²) in [6.45, 7) is 4.92. The van der Waals surface area contributed by atoms with E-state index in [9.17, 15) is 5.26 Å². The summed E-state index contributed by atoms with van der Waals surface area (Å²) in [4.78, 5) is 1.23. The number of methoxy groups -OCH3 is 1. The molecule has 0 aliphatic heterocycles. The van der Waals surface area contributed by atoms with Gasteiger partial charge in [-0.25, -0.2) is 0 Å². The minimum atomic E-state index is -0.560. The summed E-state index contributed by atoms with van der Waals surface area (Å²) in [7, 11) is 1.67. The predicted octanol–water partition coefficient (Wildman–Crippen LogP) is 4.17. The van der Waals surface area contributed by atoms with E-state index in [1.54, 1.807) is 18.4 Å². The molecule has 1 unspecified atom stereocenters. The summed E-state index contributed by atoms with van der Waals surface area (Å²) in [5.41, 5.74) is 1.59. The summed E-state index contributed by atoms with van der Waals surface area (Å²) < 4.78 is 5.34. The van der Waals surface area contributed by atoms with Gasteiger partial charge in [-0.15, -0.1) is 11.3 Å². The number of hydrogen-bond acceptors (Lipinski definition) is 4. The van der Waals surface area contributed by atoms with Crippen molar-refractivity contribution in [3.8, 4) is 6.07 Å². The first-order valence-corrected chi connectivity index (χ1v) is 8.34. The molecule has 0 radical (unpaired) electrons. The number of thiophene rings is 1. The molecule has 1 aromatic heterocycles. The summed E-state index contributed by atoms with van der Waals surface area (Å²) in [5, 5.41) is 15.3. The normalized spacial score (nSPS) is 17.3. The Hall–Kier alpha value is -1.99. The van der Waals surface area contributed by atoms with Gasteiger partial charge < -0.3 is 10.1 Å². The fraction of sp³-hybridized carbons (Fsp3) is 0.389. The maximum atomic E-state index is 9.85. The highest BCUT2D eigenvalue weighted by Gasteiger charge is 2.31. The predicted molar refractivity (Wildman–Crippen MR) is 91.3 cm³/mol. The van der Waals surface area contributed by atoms with Crippen molar-refractivity contribution in [1.29, 1.82) is 5.26 Å². The van der Waals surface area contributed by atoms with Crippen LogP contribution in [0.4, 0.5) is 0 Å². The molecule has 0 amide bonds. The lowest BCUT2D eigenvalue weighted by Crippen LogP contribution is -2.25. The van der Waals surface area contributed by atoms with Crippen LogP contribution in [0.25, 0.3) is 0 Å². The van der Waals surface area contributed by atoms with Crippen molar-refractivity contribution in [3.63, 3.8) is 0 Å². The lowest BCUT2D eigenvalue weighted by molar-refractivity contribution is 0.305. The SMILES string of the molecule is CCNC1=C(C(C)(C#N)Cc2cccs2)C=CC(OC)=CC1. The molecule has 0 saturated carbocycles. The van der Waals surface area contributed by atoms with Crippen LogP contribution in [0.2, 0.25) is 0 Å². The van der Waals surface area contributed by atoms with Gasteiger partial charge in [-0.05, 0) is 43.0 Å². The van der Waals surface area contributed by atoms with Crippen LogP contribution < -0.4 is 5.32 Å². The van der Waals surface area contributed by atoms with Crippen LogP contribution in [0, 0.1) is 16.7 Å². The molecule has 1 heterocycles. The molecule has 0 spiro atoms. The minimum absolute atomic E-state index is 0.560. The Kier molecular flexibility index (Phi) is 5.46. The van der Waals surface area contributed by atoms with Gasteiger partial charge in [-0.3, -0.25) is 0 Å². The average molecular weight is 314 g/mol. The zero-order valence-electron chi connectivity index (χ0n) is 13.3. The molecule has 3 nitrogen and oxygen atoms in total. The van der Waals surface area contributed by atoms with Crippen molar-refractivity contribution in [2.45, 2.75) is 26.7 Å². The van der Waals surface area contributed by atoms with Crippen LogP contribution in [0.1, 0.15) is 25.1 Å². The molecule has 0 aromatic carbocycles. The molecule has 0 bridgehead atoms. The van der Waals surface area contributed by atoms with Crippen LogP contribution in [-0.2, 0) is 11.2 Å². The van der Waals surface area contributed by atoms with E-state index in [-0.39, 0.29) is 0 Å². The van der Waals surface area contributed by atoms with E-state index >= 15 is 0 Å². The first-order chi connectivity index (χ1) is 10.6. The van der Waals surface area contributed by atoms with Crippen LogP contribution >= 0.6 is 11.3 Å². The maximum absolute atomic E-state index is 9.85. The van der Waals surface area contributed by atoms with E-state index in [4.69, 9.17) is 4.74 Å². The van der Waals surface area contributed by atoms with E-state index in [1.165, 1.54) is 4.88 Å². The minimum Gasteiger partial charge on any atom is -0.497 e. The van der Waals surface area contributed by atoms with Gasteiger partial charge in [0.05, 0.1) is 18.6 Å². The second-order valence-electron chi connectivity index (χ2n) is 5.47. The Balaban J connectivity index is 2.40. The molecule has 116 valence electrons. The van der Waals surface area contributed by atoms with E-state index in [2.05, 4.69) is 29.8 Å². The van der Waals surface area contributed by atoms with E-state index in [0.717, 1.165) is 36.4 Å². The van der Waals surface area contributed by atoms with E-state index in [1.807, 2.05) is 31.2 Å². The Morgan fingerprint density at radius 1 is 1.45 bits per heavy atom. The van der Waals surface area contributed by atoms with Gasteiger partial charge in [0.15, 0.2) is 0 Å². The number of allylic oxidation sites excluding steroid dienone is 4. The van der Waals surface area contributed by atoms with Gasteiger partial charge in [-0.1, -0.05) is 12.1 Å². The number of rotatable bonds is 6. The molecular formula is C18H22N2OS. The third-order valence-corrected chi connectivity index (χ3v) is 4.70. The van der Waals surface area contributed by atoms with Crippen LogP contribution in [0.15, 0.2) is 52.8 Å². The summed E-state index contributed by atoms with van der Waals surface area (Å²) in [6, 6.07) is 6.65. The maximum Gasteiger partial charge on any atom is 0.115 e. The van der Waals surface area contributed by atoms with Gasteiger partial charge in [0.25, 0.3) is 0 Å². The third kappa shape index (κ3) is 3.61. The smallest absolute Gasteiger partial charge is 0.115 e. The average Bonchev–Trinajstić information content (AvgIpc) is 2.93. The highest BCUT2D eigenvalue weighted by Crippen LogP contribution is 2.36. The van der Waals surface area contributed by atoms with Crippen molar-refractivity contribution in [2.24, 2.45) is 5.41 Å². The molecular weight excluding hydrogens is 292 g/mol. The second kappa shape index (κ2) is 7.33. The van der Waals surface area contributed by atoms with Crippen molar-refractivity contribution in [3.05, 3.63) is 57.6 Å². The molecule has 1 atom stereocenters. The standard InChI is InChI=1S/C18H22N2OS/c1-4-20-17-10-8-14(21-3)7-9-16(17)18(2,13-19)12-15-6-5-11-22-15/h5-9,11,20H,4,10,12H2,1-3H3. The van der Waals surface area contributed by atoms with Gasteiger partial charge >= 0.3 is 0 Å². The fourth-order valence-electron chi connectivity index (χ4n) is 2.65. The monoisotopic (exact) mass is 314 g/mol. The molecule has 4 heteroatoms. The number of nitrogens with one attached hydrogen (secondary N) is 1. The Morgan fingerprint density at radius 3 is 2.86 bits per heavy atom. The lowest BCUT2D eigenvalue weighted by atomic mass is 9.78. The van der Waals surface area contributed by atoms with Crippen LogP contribution in [-0.4, -0.2) is 13.7 Å². The third-order valence-electron chi connectivity index (χ3n) is 3.82. The molecule has 1 N–H and O–H groups in total. The number of nitriles is 1. The molecule has 0 saturated heterocycles.